The van der Waals surface area contributed by atoms with Gasteiger partial charge in [-0.2, -0.15) is 0 Å². The molecule has 0 unspecified atom stereocenters. The van der Waals surface area contributed by atoms with E-state index in [4.69, 9.17) is 9.84 Å². The fourth-order valence-corrected chi connectivity index (χ4v) is 1.18. The normalized spacial score (nSPS) is 10.8. The van der Waals surface area contributed by atoms with E-state index in [0.29, 0.717) is 11.4 Å². The van der Waals surface area contributed by atoms with Crippen molar-refractivity contribution in [2.24, 2.45) is 0 Å². The highest BCUT2D eigenvalue weighted by Crippen LogP contribution is 2.22. The molecule has 0 bridgehead atoms. The van der Waals surface area contributed by atoms with Crippen LogP contribution in [-0.4, -0.2) is 24.1 Å². The van der Waals surface area contributed by atoms with Gasteiger partial charge in [0.15, 0.2) is 0 Å². The number of hydrogen-bond acceptors (Lipinski definition) is 3. The van der Waals surface area contributed by atoms with Crippen molar-refractivity contribution in [2.45, 2.75) is 6.92 Å². The van der Waals surface area contributed by atoms with Gasteiger partial charge in [-0.05, 0) is 19.1 Å². The predicted octanol–water partition coefficient (Wildman–Crippen LogP) is 1.66. The van der Waals surface area contributed by atoms with E-state index in [2.05, 4.69) is 5.32 Å². The molecule has 1 aromatic rings. The van der Waals surface area contributed by atoms with Crippen LogP contribution in [0.1, 0.15) is 6.92 Å². The molecule has 0 saturated carbocycles. The van der Waals surface area contributed by atoms with Gasteiger partial charge in [0.1, 0.15) is 5.75 Å². The Kier molecular flexibility index (Phi) is 4.28. The number of carboxylic acid groups (broad SMARTS) is 1. The highest BCUT2D eigenvalue weighted by Gasteiger charge is 2.07. The standard InChI is InChI=1S/C12H13NO4/c1-8(12(15)16)7-11(14)13-9-5-3-4-6-10(9)17-2/h3-7H,1-2H3,(H,13,14)(H,15,16)/b8-7+. The van der Waals surface area contributed by atoms with Gasteiger partial charge >= 0.3 is 5.97 Å². The Morgan fingerprint density at radius 1 is 1.35 bits per heavy atom. The molecule has 0 fully saturated rings. The first kappa shape index (κ1) is 12.8. The first-order valence-electron chi connectivity index (χ1n) is 4.90. The second-order valence-corrected chi connectivity index (χ2v) is 3.32. The van der Waals surface area contributed by atoms with Crippen molar-refractivity contribution in [1.29, 1.82) is 0 Å². The first-order chi connectivity index (χ1) is 8.04. The molecule has 2 N–H and O–H groups in total. The van der Waals surface area contributed by atoms with Crippen LogP contribution in [0.5, 0.6) is 5.75 Å². The van der Waals surface area contributed by atoms with E-state index in [9.17, 15) is 9.59 Å². The van der Waals surface area contributed by atoms with E-state index in [0.717, 1.165) is 6.08 Å². The molecule has 0 aliphatic carbocycles. The molecule has 0 radical (unpaired) electrons. The number of anilines is 1. The third-order valence-electron chi connectivity index (χ3n) is 2.05. The molecule has 1 amide bonds. The van der Waals surface area contributed by atoms with Gasteiger partial charge in [-0.15, -0.1) is 0 Å². The van der Waals surface area contributed by atoms with Crippen LogP contribution in [0.2, 0.25) is 0 Å². The van der Waals surface area contributed by atoms with Gasteiger partial charge in [-0.25, -0.2) is 4.79 Å². The quantitative estimate of drug-likeness (QED) is 0.778. The minimum Gasteiger partial charge on any atom is -0.495 e. The Morgan fingerprint density at radius 3 is 2.59 bits per heavy atom. The van der Waals surface area contributed by atoms with Crippen molar-refractivity contribution < 1.29 is 19.4 Å². The SMILES string of the molecule is COc1ccccc1NC(=O)/C=C(\C)C(=O)O. The molecule has 5 heteroatoms. The summed E-state index contributed by atoms with van der Waals surface area (Å²) < 4.78 is 5.05. The second-order valence-electron chi connectivity index (χ2n) is 3.32. The molecule has 0 aliphatic rings. The Morgan fingerprint density at radius 2 is 2.00 bits per heavy atom. The van der Waals surface area contributed by atoms with Crippen LogP contribution in [0.4, 0.5) is 5.69 Å². The van der Waals surface area contributed by atoms with E-state index in [1.54, 1.807) is 24.3 Å². The van der Waals surface area contributed by atoms with Gasteiger partial charge in [0, 0.05) is 11.6 Å². The van der Waals surface area contributed by atoms with Gasteiger partial charge in [-0.1, -0.05) is 12.1 Å². The third kappa shape index (κ3) is 3.64. The maximum atomic E-state index is 11.5. The number of carbonyl (C=O) groups is 2. The van der Waals surface area contributed by atoms with Crippen molar-refractivity contribution >= 4 is 17.6 Å². The first-order valence-corrected chi connectivity index (χ1v) is 4.90. The Balaban J connectivity index is 2.82. The summed E-state index contributed by atoms with van der Waals surface area (Å²) in [6.07, 6.45) is 1.02. The molecular formula is C12H13NO4. The predicted molar refractivity (Wildman–Crippen MR) is 63.0 cm³/mol. The zero-order valence-electron chi connectivity index (χ0n) is 9.56. The van der Waals surface area contributed by atoms with E-state index >= 15 is 0 Å². The number of benzene rings is 1. The van der Waals surface area contributed by atoms with E-state index in [1.807, 2.05) is 0 Å². The Bertz CT molecular complexity index is 465. The fourth-order valence-electron chi connectivity index (χ4n) is 1.18. The summed E-state index contributed by atoms with van der Waals surface area (Å²) in [4.78, 5) is 22.0. The number of methoxy groups -OCH3 is 1. The highest BCUT2D eigenvalue weighted by atomic mass is 16.5. The molecule has 5 nitrogen and oxygen atoms in total. The molecule has 0 heterocycles. The van der Waals surface area contributed by atoms with Crippen molar-refractivity contribution in [3.8, 4) is 5.75 Å². The molecule has 0 saturated heterocycles. The van der Waals surface area contributed by atoms with Gasteiger partial charge < -0.3 is 15.2 Å². The van der Waals surface area contributed by atoms with Crippen molar-refractivity contribution in [3.63, 3.8) is 0 Å². The smallest absolute Gasteiger partial charge is 0.331 e. The maximum Gasteiger partial charge on any atom is 0.331 e. The summed E-state index contributed by atoms with van der Waals surface area (Å²) >= 11 is 0. The van der Waals surface area contributed by atoms with Crippen LogP contribution >= 0.6 is 0 Å². The molecule has 0 spiro atoms. The van der Waals surface area contributed by atoms with Gasteiger partial charge in [0.2, 0.25) is 5.91 Å². The Labute approximate surface area is 98.7 Å². The fraction of sp³-hybridized carbons (Fsp3) is 0.167. The van der Waals surface area contributed by atoms with E-state index < -0.39 is 11.9 Å². The molecule has 0 aromatic heterocycles. The zero-order chi connectivity index (χ0) is 12.8. The number of rotatable bonds is 4. The third-order valence-corrected chi connectivity index (χ3v) is 2.05. The summed E-state index contributed by atoms with van der Waals surface area (Å²) in [6, 6.07) is 6.88. The molecule has 90 valence electrons. The molecule has 17 heavy (non-hydrogen) atoms. The van der Waals surface area contributed by atoms with Gasteiger partial charge in [-0.3, -0.25) is 4.79 Å². The number of aliphatic carboxylic acids is 1. The topological polar surface area (TPSA) is 75.6 Å². The van der Waals surface area contributed by atoms with Crippen LogP contribution in [0.25, 0.3) is 0 Å². The van der Waals surface area contributed by atoms with Crippen molar-refractivity contribution in [1.82, 2.24) is 0 Å². The lowest BCUT2D eigenvalue weighted by Gasteiger charge is -2.08. The zero-order valence-corrected chi connectivity index (χ0v) is 9.56. The number of carboxylic acids is 1. The summed E-state index contributed by atoms with van der Waals surface area (Å²) in [7, 11) is 1.49. The summed E-state index contributed by atoms with van der Waals surface area (Å²) in [5.41, 5.74) is 0.465. The largest absolute Gasteiger partial charge is 0.495 e. The Hall–Kier alpha value is -2.30. The lowest BCUT2D eigenvalue weighted by atomic mass is 10.2. The molecule has 0 aliphatic heterocycles. The van der Waals surface area contributed by atoms with E-state index in [-0.39, 0.29) is 5.57 Å². The monoisotopic (exact) mass is 235 g/mol. The lowest BCUT2D eigenvalue weighted by Crippen LogP contribution is -2.11. The van der Waals surface area contributed by atoms with Gasteiger partial charge in [0.05, 0.1) is 12.8 Å². The molecule has 0 atom stereocenters. The summed E-state index contributed by atoms with van der Waals surface area (Å²) in [5, 5.41) is 11.2. The van der Waals surface area contributed by atoms with E-state index in [1.165, 1.54) is 14.0 Å². The van der Waals surface area contributed by atoms with Crippen LogP contribution in [0, 0.1) is 0 Å². The second kappa shape index (κ2) is 5.69. The van der Waals surface area contributed by atoms with Crippen LogP contribution < -0.4 is 10.1 Å². The minimum absolute atomic E-state index is 0.0302. The van der Waals surface area contributed by atoms with Crippen LogP contribution in [0.3, 0.4) is 0 Å². The number of hydrogen-bond donors (Lipinski definition) is 2. The summed E-state index contributed by atoms with van der Waals surface area (Å²) in [6.45, 7) is 1.35. The summed E-state index contributed by atoms with van der Waals surface area (Å²) in [5.74, 6) is -1.11. The van der Waals surface area contributed by atoms with Crippen molar-refractivity contribution in [3.05, 3.63) is 35.9 Å². The number of carbonyl (C=O) groups excluding carboxylic acids is 1. The maximum absolute atomic E-state index is 11.5. The van der Waals surface area contributed by atoms with Crippen molar-refractivity contribution in [2.75, 3.05) is 12.4 Å². The minimum atomic E-state index is -1.12. The average molecular weight is 235 g/mol. The molecule has 1 aromatic carbocycles. The molecular weight excluding hydrogens is 222 g/mol. The lowest BCUT2D eigenvalue weighted by molar-refractivity contribution is -0.132. The highest BCUT2D eigenvalue weighted by molar-refractivity contribution is 6.04. The average Bonchev–Trinajstić information content (AvgIpc) is 2.29. The number of amides is 1. The number of nitrogens with one attached hydrogen (secondary N) is 1. The van der Waals surface area contributed by atoms with Crippen LogP contribution in [0.15, 0.2) is 35.9 Å². The van der Waals surface area contributed by atoms with Crippen LogP contribution in [-0.2, 0) is 9.59 Å². The number of para-hydroxylation sites is 2. The number of ether oxygens (including phenoxy) is 1. The van der Waals surface area contributed by atoms with Gasteiger partial charge in [0.25, 0.3) is 0 Å². The molecule has 1 rings (SSSR count).